The maximum atomic E-state index is 12.7. The van der Waals surface area contributed by atoms with Gasteiger partial charge in [-0.3, -0.25) is 14.5 Å². The van der Waals surface area contributed by atoms with E-state index in [9.17, 15) is 9.59 Å². The first-order valence-electron chi connectivity index (χ1n) is 8.56. The summed E-state index contributed by atoms with van der Waals surface area (Å²) in [7, 11) is 0. The van der Waals surface area contributed by atoms with Gasteiger partial charge in [0.15, 0.2) is 5.17 Å². The van der Waals surface area contributed by atoms with E-state index in [4.69, 9.17) is 0 Å². The van der Waals surface area contributed by atoms with Crippen LogP contribution in [0.4, 0.5) is 10.8 Å². The molecule has 6 nitrogen and oxygen atoms in total. The third kappa shape index (κ3) is 4.84. The van der Waals surface area contributed by atoms with Gasteiger partial charge in [0.25, 0.3) is 0 Å². The van der Waals surface area contributed by atoms with Crippen LogP contribution in [0.3, 0.4) is 0 Å². The van der Waals surface area contributed by atoms with Gasteiger partial charge in [0.2, 0.25) is 16.9 Å². The van der Waals surface area contributed by atoms with Gasteiger partial charge in [-0.05, 0) is 24.1 Å². The third-order valence-electron chi connectivity index (χ3n) is 3.96. The van der Waals surface area contributed by atoms with E-state index in [-0.39, 0.29) is 18.2 Å². The summed E-state index contributed by atoms with van der Waals surface area (Å²) in [4.78, 5) is 35.2. The van der Waals surface area contributed by atoms with Gasteiger partial charge < -0.3 is 5.32 Å². The van der Waals surface area contributed by atoms with E-state index in [1.54, 1.807) is 17.2 Å². The van der Waals surface area contributed by atoms with E-state index in [1.807, 2.05) is 29.6 Å². The monoisotopic (exact) mass is 400 g/mol. The number of nitrogens with zero attached hydrogens (tertiary/aromatic N) is 3. The van der Waals surface area contributed by atoms with E-state index in [0.717, 1.165) is 12.1 Å². The number of anilines is 1. The van der Waals surface area contributed by atoms with Gasteiger partial charge in [0.1, 0.15) is 5.25 Å². The van der Waals surface area contributed by atoms with Gasteiger partial charge in [-0.25, -0.2) is 4.98 Å². The van der Waals surface area contributed by atoms with Crippen molar-refractivity contribution in [3.8, 4) is 0 Å². The second-order valence-electron chi connectivity index (χ2n) is 5.86. The summed E-state index contributed by atoms with van der Waals surface area (Å²) in [6.07, 6.45) is 4.34. The lowest BCUT2D eigenvalue weighted by Crippen LogP contribution is -2.33. The molecular weight excluding hydrogens is 380 g/mol. The Morgan fingerprint density at radius 3 is 2.81 bits per heavy atom. The highest BCUT2D eigenvalue weighted by molar-refractivity contribution is 8.15. The molecule has 1 fully saturated rings. The summed E-state index contributed by atoms with van der Waals surface area (Å²) in [5.41, 5.74) is 1.94. The summed E-state index contributed by atoms with van der Waals surface area (Å²) in [5, 5.41) is 5.32. The molecule has 2 amide bonds. The number of aromatic nitrogens is 1. The average molecular weight is 401 g/mol. The highest BCUT2D eigenvalue weighted by atomic mass is 32.2. The fraction of sp³-hybridized carbons (Fsp3) is 0.263. The number of thiazole rings is 1. The molecule has 1 aromatic heterocycles. The van der Waals surface area contributed by atoms with E-state index in [1.165, 1.54) is 28.7 Å². The Morgan fingerprint density at radius 2 is 2.19 bits per heavy atom. The lowest BCUT2D eigenvalue weighted by molar-refractivity contribution is -0.127. The normalized spacial score (nSPS) is 18.1. The number of hydrogen-bond donors (Lipinski definition) is 1. The summed E-state index contributed by atoms with van der Waals surface area (Å²) < 4.78 is 0. The first-order chi connectivity index (χ1) is 13.1. The van der Waals surface area contributed by atoms with Crippen LogP contribution in [0.25, 0.3) is 0 Å². The van der Waals surface area contributed by atoms with Crippen molar-refractivity contribution < 1.29 is 9.59 Å². The maximum Gasteiger partial charge on any atom is 0.242 e. The Hall–Kier alpha value is -2.45. The number of nitrogens with one attached hydrogen (secondary N) is 1. The van der Waals surface area contributed by atoms with Crippen LogP contribution in [0.5, 0.6) is 0 Å². The van der Waals surface area contributed by atoms with Crippen molar-refractivity contribution in [3.05, 3.63) is 54.1 Å². The van der Waals surface area contributed by atoms with Crippen LogP contribution in [-0.2, 0) is 16.0 Å². The van der Waals surface area contributed by atoms with Gasteiger partial charge >= 0.3 is 0 Å². The molecule has 2 aromatic rings. The Kier molecular flexibility index (Phi) is 6.41. The van der Waals surface area contributed by atoms with Crippen LogP contribution in [0.2, 0.25) is 0 Å². The summed E-state index contributed by atoms with van der Waals surface area (Å²) in [5.74, 6) is -0.328. The zero-order valence-electron chi connectivity index (χ0n) is 14.9. The molecule has 0 radical (unpaired) electrons. The molecule has 2 heterocycles. The molecule has 27 heavy (non-hydrogen) atoms. The highest BCUT2D eigenvalue weighted by Gasteiger charge is 2.38. The molecular formula is C19H20N4O2S2. The third-order valence-corrected chi connectivity index (χ3v) is 5.80. The Bertz CT molecular complexity index is 847. The van der Waals surface area contributed by atoms with Crippen molar-refractivity contribution in [2.24, 2.45) is 4.99 Å². The molecule has 0 saturated carbocycles. The SMILES string of the molecule is C=CCN1C(=O)C(CC(=O)Nc2ccc(CC)cc2)SC1=Nc1nccs1. The zero-order chi connectivity index (χ0) is 19.2. The average Bonchev–Trinajstić information content (AvgIpc) is 3.27. The molecule has 1 atom stereocenters. The number of amidine groups is 1. The molecule has 1 aliphatic rings. The van der Waals surface area contributed by atoms with E-state index < -0.39 is 5.25 Å². The van der Waals surface area contributed by atoms with E-state index in [0.29, 0.717) is 16.8 Å². The standard InChI is InChI=1S/C19H20N4O2S2/c1-3-10-23-17(25)15(27-19(23)22-18-20-9-11-26-18)12-16(24)21-14-7-5-13(4-2)6-8-14/h3,5-9,11,15H,1,4,10,12H2,2H3,(H,21,24). The minimum Gasteiger partial charge on any atom is -0.326 e. The van der Waals surface area contributed by atoms with Crippen LogP contribution in [0, 0.1) is 0 Å². The Morgan fingerprint density at radius 1 is 1.41 bits per heavy atom. The van der Waals surface area contributed by atoms with Crippen LogP contribution in [0.15, 0.2) is 53.5 Å². The van der Waals surface area contributed by atoms with Gasteiger partial charge in [-0.1, -0.05) is 36.9 Å². The number of carbonyl (C=O) groups excluding carboxylic acids is 2. The Balaban J connectivity index is 1.67. The number of carbonyl (C=O) groups is 2. The number of amides is 2. The second-order valence-corrected chi connectivity index (χ2v) is 7.90. The number of thioether (sulfide) groups is 1. The maximum absolute atomic E-state index is 12.7. The van der Waals surface area contributed by atoms with Gasteiger partial charge in [-0.2, -0.15) is 4.99 Å². The van der Waals surface area contributed by atoms with Gasteiger partial charge in [0.05, 0.1) is 0 Å². The summed E-state index contributed by atoms with van der Waals surface area (Å²) in [6, 6.07) is 7.71. The summed E-state index contributed by atoms with van der Waals surface area (Å²) >= 11 is 2.69. The van der Waals surface area contributed by atoms with Crippen LogP contribution in [0.1, 0.15) is 18.9 Å². The van der Waals surface area contributed by atoms with Gasteiger partial charge in [-0.15, -0.1) is 17.9 Å². The molecule has 0 bridgehead atoms. The first kappa shape index (κ1) is 19.3. The molecule has 140 valence electrons. The quantitative estimate of drug-likeness (QED) is 0.717. The fourth-order valence-corrected chi connectivity index (χ4v) is 4.29. The molecule has 1 aliphatic heterocycles. The molecule has 1 aromatic carbocycles. The number of benzene rings is 1. The molecule has 1 unspecified atom stereocenters. The molecule has 3 rings (SSSR count). The molecule has 0 aliphatic carbocycles. The van der Waals surface area contributed by atoms with Crippen molar-refractivity contribution in [1.29, 1.82) is 0 Å². The molecule has 0 spiro atoms. The van der Waals surface area contributed by atoms with Crippen molar-refractivity contribution in [3.63, 3.8) is 0 Å². The first-order valence-corrected chi connectivity index (χ1v) is 10.3. The molecule has 8 heteroatoms. The molecule has 1 N–H and O–H groups in total. The number of hydrogen-bond acceptors (Lipinski definition) is 6. The van der Waals surface area contributed by atoms with E-state index >= 15 is 0 Å². The van der Waals surface area contributed by atoms with Crippen molar-refractivity contribution in [1.82, 2.24) is 9.88 Å². The Labute approximate surface area is 166 Å². The molecule has 1 saturated heterocycles. The minimum absolute atomic E-state index is 0.0869. The topological polar surface area (TPSA) is 74.7 Å². The van der Waals surface area contributed by atoms with E-state index in [2.05, 4.69) is 28.8 Å². The predicted molar refractivity (Wildman–Crippen MR) is 112 cm³/mol. The summed E-state index contributed by atoms with van der Waals surface area (Å²) in [6.45, 7) is 6.13. The number of rotatable bonds is 7. The second kappa shape index (κ2) is 8.96. The number of aryl methyl sites for hydroxylation is 1. The predicted octanol–water partition coefficient (Wildman–Crippen LogP) is 3.85. The van der Waals surface area contributed by atoms with Crippen molar-refractivity contribution in [2.45, 2.75) is 25.0 Å². The highest BCUT2D eigenvalue weighted by Crippen LogP contribution is 2.32. The fourth-order valence-electron chi connectivity index (χ4n) is 2.58. The largest absolute Gasteiger partial charge is 0.326 e. The van der Waals surface area contributed by atoms with Gasteiger partial charge in [0, 0.05) is 30.2 Å². The van der Waals surface area contributed by atoms with Crippen molar-refractivity contribution >= 4 is 50.9 Å². The van der Waals surface area contributed by atoms with Crippen LogP contribution >= 0.6 is 23.1 Å². The lowest BCUT2D eigenvalue weighted by atomic mass is 10.1. The number of aliphatic imine (C=N–C) groups is 1. The van der Waals surface area contributed by atoms with Crippen LogP contribution in [-0.4, -0.2) is 38.7 Å². The smallest absolute Gasteiger partial charge is 0.242 e. The minimum atomic E-state index is -0.501. The lowest BCUT2D eigenvalue weighted by Gasteiger charge is -2.13. The van der Waals surface area contributed by atoms with Crippen molar-refractivity contribution in [2.75, 3.05) is 11.9 Å². The zero-order valence-corrected chi connectivity index (χ0v) is 16.6. The van der Waals surface area contributed by atoms with Crippen LogP contribution < -0.4 is 5.32 Å².